The van der Waals surface area contributed by atoms with Crippen molar-refractivity contribution in [2.75, 3.05) is 17.9 Å². The van der Waals surface area contributed by atoms with E-state index in [0.717, 1.165) is 17.0 Å². The lowest BCUT2D eigenvalue weighted by Crippen LogP contribution is -2.55. The quantitative estimate of drug-likeness (QED) is 0.616. The number of amides is 1. The summed E-state index contributed by atoms with van der Waals surface area (Å²) in [6.07, 6.45) is 0.695. The third kappa shape index (κ3) is 2.57. The van der Waals surface area contributed by atoms with Gasteiger partial charge in [-0.15, -0.1) is 11.6 Å². The Morgan fingerprint density at radius 3 is 2.36 bits per heavy atom. The lowest BCUT2D eigenvalue weighted by Gasteiger charge is -2.47. The Morgan fingerprint density at radius 2 is 1.77 bits per heavy atom. The number of nitrogens with zero attached hydrogens (tertiary/aromatic N) is 1. The van der Waals surface area contributed by atoms with E-state index in [4.69, 9.17) is 16.3 Å². The fraction of sp³-hybridized carbons (Fsp3) is 0.278. The van der Waals surface area contributed by atoms with Crippen LogP contribution in [0.25, 0.3) is 0 Å². The molecular weight excluding hydrogens is 298 g/mol. The molecule has 0 aliphatic carbocycles. The van der Waals surface area contributed by atoms with Gasteiger partial charge in [0.2, 0.25) is 5.91 Å². The number of methoxy groups -OCH3 is 1. The van der Waals surface area contributed by atoms with Crippen molar-refractivity contribution in [1.29, 1.82) is 0 Å². The number of hydrogen-bond acceptors (Lipinski definition) is 2. The van der Waals surface area contributed by atoms with E-state index in [2.05, 4.69) is 0 Å². The van der Waals surface area contributed by atoms with Crippen molar-refractivity contribution in [3.05, 3.63) is 60.2 Å². The van der Waals surface area contributed by atoms with Crippen LogP contribution >= 0.6 is 11.6 Å². The van der Waals surface area contributed by atoms with Gasteiger partial charge < -0.3 is 9.64 Å². The molecule has 0 radical (unpaired) electrons. The molecule has 114 valence electrons. The van der Waals surface area contributed by atoms with Crippen LogP contribution in [-0.2, 0) is 4.79 Å². The van der Waals surface area contributed by atoms with E-state index in [1.807, 2.05) is 59.5 Å². The zero-order chi connectivity index (χ0) is 15.5. The smallest absolute Gasteiger partial charge is 0.233 e. The first kappa shape index (κ1) is 14.9. The van der Waals surface area contributed by atoms with E-state index in [0.29, 0.717) is 12.3 Å². The van der Waals surface area contributed by atoms with Crippen LogP contribution < -0.4 is 9.64 Å². The molecule has 4 heteroatoms. The average molecular weight is 316 g/mol. The van der Waals surface area contributed by atoms with Crippen LogP contribution in [0.1, 0.15) is 18.0 Å². The molecule has 1 amide bonds. The maximum Gasteiger partial charge on any atom is 0.233 e. The van der Waals surface area contributed by atoms with Crippen molar-refractivity contribution in [3.8, 4) is 5.75 Å². The molecule has 1 heterocycles. The fourth-order valence-corrected chi connectivity index (χ4v) is 3.24. The van der Waals surface area contributed by atoms with Gasteiger partial charge in [0.05, 0.1) is 19.1 Å². The number of ether oxygens (including phenoxy) is 1. The second kappa shape index (κ2) is 6.41. The highest BCUT2D eigenvalue weighted by Gasteiger charge is 2.48. The first-order chi connectivity index (χ1) is 10.8. The summed E-state index contributed by atoms with van der Waals surface area (Å²) in [4.78, 5) is 14.4. The highest BCUT2D eigenvalue weighted by molar-refractivity contribution is 6.18. The molecule has 0 aromatic heterocycles. The van der Waals surface area contributed by atoms with Crippen molar-refractivity contribution < 1.29 is 9.53 Å². The summed E-state index contributed by atoms with van der Waals surface area (Å²) in [5.41, 5.74) is 2.04. The lowest BCUT2D eigenvalue weighted by molar-refractivity contribution is -0.130. The van der Waals surface area contributed by atoms with Gasteiger partial charge in [-0.3, -0.25) is 4.79 Å². The SMILES string of the molecule is COc1ccc(C2C(CCCl)C(=O)N2c2ccccc2)cc1. The predicted molar refractivity (Wildman–Crippen MR) is 88.5 cm³/mol. The van der Waals surface area contributed by atoms with Gasteiger partial charge in [0.25, 0.3) is 0 Å². The van der Waals surface area contributed by atoms with Crippen molar-refractivity contribution in [2.45, 2.75) is 12.5 Å². The average Bonchev–Trinajstić information content (AvgIpc) is 2.58. The summed E-state index contributed by atoms with van der Waals surface area (Å²) < 4.78 is 5.21. The van der Waals surface area contributed by atoms with Gasteiger partial charge in [0.15, 0.2) is 0 Å². The fourth-order valence-electron chi connectivity index (χ4n) is 3.01. The maximum atomic E-state index is 12.5. The number of carbonyl (C=O) groups excluding carboxylic acids is 1. The van der Waals surface area contributed by atoms with Gasteiger partial charge in [-0.25, -0.2) is 0 Å². The normalized spacial score (nSPS) is 20.6. The van der Waals surface area contributed by atoms with E-state index in [1.54, 1.807) is 7.11 Å². The van der Waals surface area contributed by atoms with E-state index in [9.17, 15) is 4.79 Å². The first-order valence-electron chi connectivity index (χ1n) is 7.34. The maximum absolute atomic E-state index is 12.5. The van der Waals surface area contributed by atoms with E-state index >= 15 is 0 Å². The Hall–Kier alpha value is -2.00. The molecule has 0 bridgehead atoms. The van der Waals surface area contributed by atoms with Gasteiger partial charge in [-0.05, 0) is 36.2 Å². The number of β-lactam (4-membered cyclic amide) rings is 1. The highest BCUT2D eigenvalue weighted by Crippen LogP contribution is 2.45. The van der Waals surface area contributed by atoms with Crippen LogP contribution in [0.3, 0.4) is 0 Å². The second-order valence-corrected chi connectivity index (χ2v) is 5.72. The summed E-state index contributed by atoms with van der Waals surface area (Å²) in [6, 6.07) is 17.7. The zero-order valence-corrected chi connectivity index (χ0v) is 13.2. The Kier molecular flexibility index (Phi) is 4.34. The standard InChI is InChI=1S/C18H18ClNO2/c1-22-15-9-7-13(8-10-15)17-16(11-12-19)18(21)20(17)14-5-3-2-4-6-14/h2-10,16-17H,11-12H2,1H3. The number of carbonyl (C=O) groups is 1. The Bertz CT molecular complexity index is 642. The topological polar surface area (TPSA) is 29.5 Å². The molecule has 0 N–H and O–H groups in total. The largest absolute Gasteiger partial charge is 0.497 e. The predicted octanol–water partition coefficient (Wildman–Crippen LogP) is 4.03. The number of hydrogen-bond donors (Lipinski definition) is 0. The molecule has 1 aliphatic heterocycles. The summed E-state index contributed by atoms with van der Waals surface area (Å²) >= 11 is 5.88. The minimum absolute atomic E-state index is 0.0413. The molecule has 2 aromatic carbocycles. The molecule has 1 fully saturated rings. The molecule has 3 rings (SSSR count). The third-order valence-electron chi connectivity index (χ3n) is 4.13. The number of benzene rings is 2. The Balaban J connectivity index is 1.93. The van der Waals surface area contributed by atoms with Gasteiger partial charge in [0, 0.05) is 11.6 Å². The van der Waals surface area contributed by atoms with Crippen LogP contribution in [0.2, 0.25) is 0 Å². The van der Waals surface area contributed by atoms with Gasteiger partial charge in [0.1, 0.15) is 5.75 Å². The molecule has 0 spiro atoms. The van der Waals surface area contributed by atoms with Crippen molar-refractivity contribution >= 4 is 23.2 Å². The summed E-state index contributed by atoms with van der Waals surface area (Å²) in [5, 5.41) is 0. The van der Waals surface area contributed by atoms with Crippen LogP contribution in [-0.4, -0.2) is 18.9 Å². The lowest BCUT2D eigenvalue weighted by atomic mass is 9.80. The number of halogens is 1. The van der Waals surface area contributed by atoms with Crippen molar-refractivity contribution in [2.24, 2.45) is 5.92 Å². The Labute approximate surface area is 135 Å². The number of rotatable bonds is 5. The van der Waals surface area contributed by atoms with Gasteiger partial charge in [-0.2, -0.15) is 0 Å². The third-order valence-corrected chi connectivity index (χ3v) is 4.34. The highest BCUT2D eigenvalue weighted by atomic mass is 35.5. The van der Waals surface area contributed by atoms with Crippen LogP contribution in [0.5, 0.6) is 5.75 Å². The number of para-hydroxylation sites is 1. The van der Waals surface area contributed by atoms with Gasteiger partial charge >= 0.3 is 0 Å². The van der Waals surface area contributed by atoms with Crippen molar-refractivity contribution in [3.63, 3.8) is 0 Å². The first-order valence-corrected chi connectivity index (χ1v) is 7.87. The van der Waals surface area contributed by atoms with E-state index in [-0.39, 0.29) is 17.9 Å². The molecule has 1 saturated heterocycles. The van der Waals surface area contributed by atoms with Crippen molar-refractivity contribution in [1.82, 2.24) is 0 Å². The summed E-state index contributed by atoms with van der Waals surface area (Å²) in [7, 11) is 1.65. The van der Waals surface area contributed by atoms with Crippen LogP contribution in [0.15, 0.2) is 54.6 Å². The zero-order valence-electron chi connectivity index (χ0n) is 12.4. The Morgan fingerprint density at radius 1 is 1.09 bits per heavy atom. The van der Waals surface area contributed by atoms with Crippen LogP contribution in [0, 0.1) is 5.92 Å². The van der Waals surface area contributed by atoms with Gasteiger partial charge in [-0.1, -0.05) is 30.3 Å². The molecule has 0 saturated carbocycles. The molecule has 22 heavy (non-hydrogen) atoms. The summed E-state index contributed by atoms with van der Waals surface area (Å²) in [5.74, 6) is 1.40. The molecule has 3 nitrogen and oxygen atoms in total. The second-order valence-electron chi connectivity index (χ2n) is 5.35. The minimum Gasteiger partial charge on any atom is -0.497 e. The molecule has 1 aliphatic rings. The summed E-state index contributed by atoms with van der Waals surface area (Å²) in [6.45, 7) is 0. The number of anilines is 1. The molecule has 2 aromatic rings. The van der Waals surface area contributed by atoms with E-state index in [1.165, 1.54) is 0 Å². The van der Waals surface area contributed by atoms with Crippen LogP contribution in [0.4, 0.5) is 5.69 Å². The molecule has 2 atom stereocenters. The monoisotopic (exact) mass is 315 g/mol. The molecular formula is C18H18ClNO2. The molecule has 2 unspecified atom stereocenters. The minimum atomic E-state index is -0.0499. The number of alkyl halides is 1. The van der Waals surface area contributed by atoms with E-state index < -0.39 is 0 Å².